The third-order valence-electron chi connectivity index (χ3n) is 2.70. The van der Waals surface area contributed by atoms with Crippen LogP contribution >= 0.6 is 0 Å². The largest absolute Gasteiger partial charge is 0.478 e. The first kappa shape index (κ1) is 13.1. The number of ketones is 1. The Morgan fingerprint density at radius 2 is 1.89 bits per heavy atom. The fourth-order valence-corrected chi connectivity index (χ4v) is 1.85. The number of carboxylic acids is 1. The van der Waals surface area contributed by atoms with E-state index in [4.69, 9.17) is 5.11 Å². The van der Waals surface area contributed by atoms with Crippen molar-refractivity contribution in [2.75, 3.05) is 0 Å². The van der Waals surface area contributed by atoms with Gasteiger partial charge < -0.3 is 10.1 Å². The maximum atomic E-state index is 12.7. The van der Waals surface area contributed by atoms with E-state index in [-0.39, 0.29) is 22.2 Å². The van der Waals surface area contributed by atoms with Gasteiger partial charge in [-0.25, -0.2) is 4.79 Å². The summed E-state index contributed by atoms with van der Waals surface area (Å²) in [5.74, 6) is -1.99. The second-order valence-corrected chi connectivity index (χ2v) is 3.99. The molecule has 2 rings (SSSR count). The number of carboxylic acid groups (broad SMARTS) is 1. The van der Waals surface area contributed by atoms with Crippen LogP contribution in [0.25, 0.3) is 10.9 Å². The number of aromatic nitrogens is 1. The van der Waals surface area contributed by atoms with Crippen molar-refractivity contribution in [1.82, 2.24) is 4.98 Å². The highest BCUT2D eigenvalue weighted by Crippen LogP contribution is 2.35. The number of carbonyl (C=O) groups excluding carboxylic acids is 1. The summed E-state index contributed by atoms with van der Waals surface area (Å²) < 4.78 is 38.2. The molecule has 0 bridgehead atoms. The Kier molecular flexibility index (Phi) is 2.84. The minimum Gasteiger partial charge on any atom is -0.478 e. The van der Waals surface area contributed by atoms with Crippen LogP contribution in [0.2, 0.25) is 0 Å². The number of H-pyrrole nitrogens is 1. The summed E-state index contributed by atoms with van der Waals surface area (Å²) in [4.78, 5) is 24.2. The van der Waals surface area contributed by atoms with E-state index < -0.39 is 23.4 Å². The molecule has 0 unspecified atom stereocenters. The van der Waals surface area contributed by atoms with Crippen LogP contribution in [-0.4, -0.2) is 21.8 Å². The maximum absolute atomic E-state index is 12.7. The van der Waals surface area contributed by atoms with Crippen molar-refractivity contribution in [2.45, 2.75) is 13.1 Å². The fraction of sp³-hybridized carbons (Fsp3) is 0.167. The first-order chi connectivity index (χ1) is 8.71. The van der Waals surface area contributed by atoms with Crippen molar-refractivity contribution in [3.63, 3.8) is 0 Å². The number of Topliss-reactive ketones (excluding diaryl/α,β-unsaturated/α-hetero) is 1. The highest BCUT2D eigenvalue weighted by atomic mass is 19.4. The summed E-state index contributed by atoms with van der Waals surface area (Å²) in [6.45, 7) is 1.27. The van der Waals surface area contributed by atoms with Gasteiger partial charge in [-0.05, 0) is 13.0 Å². The highest BCUT2D eigenvalue weighted by Gasteiger charge is 2.38. The highest BCUT2D eigenvalue weighted by molar-refractivity contribution is 6.07. The number of hydrogen-bond donors (Lipinski definition) is 2. The zero-order chi connectivity index (χ0) is 14.4. The van der Waals surface area contributed by atoms with Gasteiger partial charge in [-0.3, -0.25) is 4.79 Å². The topological polar surface area (TPSA) is 70.2 Å². The molecule has 2 aromatic rings. The molecule has 0 saturated heterocycles. The van der Waals surface area contributed by atoms with Crippen LogP contribution in [0.4, 0.5) is 13.2 Å². The maximum Gasteiger partial charge on any atom is 0.432 e. The Hall–Kier alpha value is -2.31. The van der Waals surface area contributed by atoms with Gasteiger partial charge in [-0.1, -0.05) is 12.1 Å². The third kappa shape index (κ3) is 2.18. The number of alkyl halides is 3. The molecule has 1 aromatic carbocycles. The summed E-state index contributed by atoms with van der Waals surface area (Å²) in [5, 5.41) is 8.83. The zero-order valence-corrected chi connectivity index (χ0v) is 9.63. The molecule has 0 saturated carbocycles. The van der Waals surface area contributed by atoms with Crippen LogP contribution < -0.4 is 0 Å². The van der Waals surface area contributed by atoms with Crippen LogP contribution in [0.5, 0.6) is 0 Å². The van der Waals surface area contributed by atoms with E-state index in [2.05, 4.69) is 0 Å². The number of benzene rings is 1. The molecule has 1 heterocycles. The van der Waals surface area contributed by atoms with Crippen molar-refractivity contribution in [1.29, 1.82) is 0 Å². The second-order valence-electron chi connectivity index (χ2n) is 3.99. The van der Waals surface area contributed by atoms with Crippen molar-refractivity contribution < 1.29 is 27.9 Å². The van der Waals surface area contributed by atoms with Gasteiger partial charge in [0.1, 0.15) is 5.69 Å². The van der Waals surface area contributed by atoms with Crippen LogP contribution in [-0.2, 0) is 6.18 Å². The van der Waals surface area contributed by atoms with E-state index in [1.807, 2.05) is 4.98 Å². The standard InChI is InChI=1S/C12H8F3NO3/c1-5(17)6-2-3-7-8(4-6)16-10(12(13,14)15)9(7)11(18)19/h2-4,16H,1H3,(H,18,19). The molecule has 0 aliphatic rings. The van der Waals surface area contributed by atoms with Crippen LogP contribution in [0.15, 0.2) is 18.2 Å². The minimum atomic E-state index is -4.80. The Balaban J connectivity index is 2.80. The van der Waals surface area contributed by atoms with Gasteiger partial charge in [-0.15, -0.1) is 0 Å². The monoisotopic (exact) mass is 271 g/mol. The van der Waals surface area contributed by atoms with E-state index in [1.165, 1.54) is 25.1 Å². The van der Waals surface area contributed by atoms with Crippen LogP contribution in [0.1, 0.15) is 33.3 Å². The van der Waals surface area contributed by atoms with Gasteiger partial charge in [0.2, 0.25) is 0 Å². The summed E-state index contributed by atoms with van der Waals surface area (Å²) >= 11 is 0. The molecule has 19 heavy (non-hydrogen) atoms. The molecule has 0 aliphatic carbocycles. The zero-order valence-electron chi connectivity index (χ0n) is 9.63. The predicted octanol–water partition coefficient (Wildman–Crippen LogP) is 3.09. The Labute approximate surface area is 104 Å². The predicted molar refractivity (Wildman–Crippen MR) is 60.3 cm³/mol. The number of hydrogen-bond acceptors (Lipinski definition) is 2. The van der Waals surface area contributed by atoms with Crippen molar-refractivity contribution in [2.24, 2.45) is 0 Å². The average molecular weight is 271 g/mol. The lowest BCUT2D eigenvalue weighted by Gasteiger charge is -2.04. The number of carbonyl (C=O) groups is 2. The molecule has 7 heteroatoms. The third-order valence-corrected chi connectivity index (χ3v) is 2.70. The fourth-order valence-electron chi connectivity index (χ4n) is 1.85. The number of aromatic carboxylic acids is 1. The smallest absolute Gasteiger partial charge is 0.432 e. The first-order valence-electron chi connectivity index (χ1n) is 5.19. The lowest BCUT2D eigenvalue weighted by molar-refractivity contribution is -0.141. The normalized spacial score (nSPS) is 11.8. The van der Waals surface area contributed by atoms with Crippen molar-refractivity contribution >= 4 is 22.7 Å². The van der Waals surface area contributed by atoms with Gasteiger partial charge in [-0.2, -0.15) is 13.2 Å². The van der Waals surface area contributed by atoms with Crippen LogP contribution in [0, 0.1) is 0 Å². The number of halogens is 3. The van der Waals surface area contributed by atoms with Gasteiger partial charge >= 0.3 is 12.1 Å². The molecule has 1 aromatic heterocycles. The number of nitrogens with one attached hydrogen (secondary N) is 1. The van der Waals surface area contributed by atoms with Gasteiger partial charge in [0.25, 0.3) is 0 Å². The molecule has 0 aliphatic heterocycles. The van der Waals surface area contributed by atoms with E-state index in [0.717, 1.165) is 0 Å². The summed E-state index contributed by atoms with van der Waals surface area (Å²) in [6.07, 6.45) is -4.80. The molecule has 0 atom stereocenters. The van der Waals surface area contributed by atoms with Gasteiger partial charge in [0.05, 0.1) is 5.56 Å². The first-order valence-corrected chi connectivity index (χ1v) is 5.19. The number of fused-ring (bicyclic) bond motifs is 1. The quantitative estimate of drug-likeness (QED) is 0.824. The number of rotatable bonds is 2. The molecule has 0 amide bonds. The molecule has 2 N–H and O–H groups in total. The molecular weight excluding hydrogens is 263 g/mol. The average Bonchev–Trinajstić information content (AvgIpc) is 2.66. The van der Waals surface area contributed by atoms with E-state index in [1.54, 1.807) is 0 Å². The van der Waals surface area contributed by atoms with Gasteiger partial charge in [0.15, 0.2) is 5.78 Å². The van der Waals surface area contributed by atoms with E-state index in [9.17, 15) is 22.8 Å². The molecule has 100 valence electrons. The van der Waals surface area contributed by atoms with Crippen molar-refractivity contribution in [3.05, 3.63) is 35.0 Å². The summed E-state index contributed by atoms with van der Waals surface area (Å²) in [5.41, 5.74) is -1.98. The number of aromatic amines is 1. The van der Waals surface area contributed by atoms with Crippen LogP contribution in [0.3, 0.4) is 0 Å². The Morgan fingerprint density at radius 3 is 2.37 bits per heavy atom. The molecule has 0 radical (unpaired) electrons. The summed E-state index contributed by atoms with van der Waals surface area (Å²) in [6, 6.07) is 3.70. The molecular formula is C12H8F3NO3. The lowest BCUT2D eigenvalue weighted by atomic mass is 10.1. The summed E-state index contributed by atoms with van der Waals surface area (Å²) in [7, 11) is 0. The van der Waals surface area contributed by atoms with Gasteiger partial charge in [0, 0.05) is 16.5 Å². The Bertz CT molecular complexity index is 685. The van der Waals surface area contributed by atoms with E-state index in [0.29, 0.717) is 0 Å². The Morgan fingerprint density at radius 1 is 1.26 bits per heavy atom. The molecule has 0 fully saturated rings. The van der Waals surface area contributed by atoms with Crippen molar-refractivity contribution in [3.8, 4) is 0 Å². The van der Waals surface area contributed by atoms with E-state index >= 15 is 0 Å². The minimum absolute atomic E-state index is 0.0302. The molecule has 4 nitrogen and oxygen atoms in total. The second kappa shape index (κ2) is 4.11. The SMILES string of the molecule is CC(=O)c1ccc2c(C(=O)O)c(C(F)(F)F)[nH]c2c1. The lowest BCUT2D eigenvalue weighted by Crippen LogP contribution is -2.11. The molecule has 0 spiro atoms.